The second-order valence-corrected chi connectivity index (χ2v) is 8.30. The molecule has 1 amide bonds. The average molecular weight is 391 g/mol. The number of carbonyl (C=O) groups excluding carboxylic acids is 1. The number of amides is 1. The maximum absolute atomic E-state index is 12.4. The first kappa shape index (κ1) is 19.7. The minimum Gasteiger partial charge on any atom is -0.484 e. The minimum atomic E-state index is -0.00649. The zero-order chi connectivity index (χ0) is 19.4. The highest BCUT2D eigenvalue weighted by molar-refractivity contribution is 6.30. The Hall–Kier alpha value is -2.05. The fraction of sp³-hybridized carbons (Fsp3) is 0.500. The summed E-state index contributed by atoms with van der Waals surface area (Å²) in [6.45, 7) is 10.5. The molecule has 1 fully saturated rings. The lowest BCUT2D eigenvalue weighted by molar-refractivity contribution is -0.135. The van der Waals surface area contributed by atoms with Crippen molar-refractivity contribution in [2.45, 2.75) is 32.9 Å². The van der Waals surface area contributed by atoms with Gasteiger partial charge in [0.15, 0.2) is 6.61 Å². The van der Waals surface area contributed by atoms with Crippen molar-refractivity contribution < 1.29 is 9.53 Å². The summed E-state index contributed by atoms with van der Waals surface area (Å²) in [7, 11) is 0. The Morgan fingerprint density at radius 1 is 1.15 bits per heavy atom. The molecule has 6 nitrogen and oxygen atoms in total. The van der Waals surface area contributed by atoms with E-state index in [1.165, 1.54) is 5.56 Å². The number of hydrogen-bond donors (Lipinski definition) is 0. The summed E-state index contributed by atoms with van der Waals surface area (Å²) < 4.78 is 7.55. The predicted octanol–water partition coefficient (Wildman–Crippen LogP) is 3.01. The Kier molecular flexibility index (Phi) is 6.07. The molecule has 27 heavy (non-hydrogen) atoms. The third kappa shape index (κ3) is 5.47. The van der Waals surface area contributed by atoms with Crippen LogP contribution in [0.1, 0.15) is 26.3 Å². The Balaban J connectivity index is 1.43. The van der Waals surface area contributed by atoms with Crippen molar-refractivity contribution in [2.24, 2.45) is 0 Å². The van der Waals surface area contributed by atoms with E-state index >= 15 is 0 Å². The molecule has 0 N–H and O–H groups in total. The van der Waals surface area contributed by atoms with E-state index in [0.29, 0.717) is 10.8 Å². The van der Waals surface area contributed by atoms with Gasteiger partial charge in [-0.3, -0.25) is 14.4 Å². The second-order valence-electron chi connectivity index (χ2n) is 7.86. The lowest BCUT2D eigenvalue weighted by Gasteiger charge is -2.34. The first-order valence-electron chi connectivity index (χ1n) is 9.24. The lowest BCUT2D eigenvalue weighted by Crippen LogP contribution is -2.49. The molecular weight excluding hydrogens is 364 g/mol. The van der Waals surface area contributed by atoms with Gasteiger partial charge in [-0.05, 0) is 45.0 Å². The van der Waals surface area contributed by atoms with Crippen molar-refractivity contribution in [2.75, 3.05) is 32.8 Å². The van der Waals surface area contributed by atoms with Gasteiger partial charge in [0, 0.05) is 49.5 Å². The van der Waals surface area contributed by atoms with Crippen molar-refractivity contribution in [1.82, 2.24) is 19.6 Å². The van der Waals surface area contributed by atoms with Gasteiger partial charge in [-0.2, -0.15) is 5.10 Å². The van der Waals surface area contributed by atoms with Gasteiger partial charge < -0.3 is 9.64 Å². The van der Waals surface area contributed by atoms with Crippen molar-refractivity contribution in [3.05, 3.63) is 47.2 Å². The summed E-state index contributed by atoms with van der Waals surface area (Å²) >= 11 is 5.85. The fourth-order valence-corrected chi connectivity index (χ4v) is 3.12. The van der Waals surface area contributed by atoms with Crippen LogP contribution in [0.15, 0.2) is 36.7 Å². The molecule has 0 atom stereocenters. The Morgan fingerprint density at radius 2 is 1.81 bits per heavy atom. The first-order chi connectivity index (χ1) is 12.8. The van der Waals surface area contributed by atoms with Crippen LogP contribution < -0.4 is 4.74 Å². The van der Waals surface area contributed by atoms with Gasteiger partial charge in [0.05, 0.1) is 11.7 Å². The van der Waals surface area contributed by atoms with Crippen LogP contribution in [0, 0.1) is 0 Å². The largest absolute Gasteiger partial charge is 0.484 e. The zero-order valence-electron chi connectivity index (χ0n) is 16.2. The topological polar surface area (TPSA) is 50.6 Å². The van der Waals surface area contributed by atoms with Crippen molar-refractivity contribution in [3.63, 3.8) is 0 Å². The molecule has 1 aromatic heterocycles. The molecule has 0 saturated carbocycles. The van der Waals surface area contributed by atoms with Gasteiger partial charge in [0.25, 0.3) is 5.91 Å². The highest BCUT2D eigenvalue weighted by atomic mass is 35.5. The standard InChI is InChI=1S/C20H27ClN4O2/c1-20(2,3)25-14-16(12-22-25)13-23-8-10-24(11-9-23)19(26)15-27-18-6-4-17(21)5-7-18/h4-7,12,14H,8-11,13,15H2,1-3H3. The molecule has 0 bridgehead atoms. The van der Waals surface area contributed by atoms with Crippen LogP contribution in [0.25, 0.3) is 0 Å². The van der Waals surface area contributed by atoms with Crippen LogP contribution in [0.4, 0.5) is 0 Å². The van der Waals surface area contributed by atoms with E-state index in [1.807, 2.05) is 15.8 Å². The van der Waals surface area contributed by atoms with E-state index in [0.717, 1.165) is 32.7 Å². The van der Waals surface area contributed by atoms with E-state index in [9.17, 15) is 4.79 Å². The van der Waals surface area contributed by atoms with Gasteiger partial charge in [0.1, 0.15) is 5.75 Å². The lowest BCUT2D eigenvalue weighted by atomic mass is 10.1. The number of ether oxygens (including phenoxy) is 1. The summed E-state index contributed by atoms with van der Waals surface area (Å²) in [6, 6.07) is 7.04. The summed E-state index contributed by atoms with van der Waals surface area (Å²) in [6.07, 6.45) is 4.04. The normalized spacial score (nSPS) is 15.8. The molecule has 2 heterocycles. The summed E-state index contributed by atoms with van der Waals surface area (Å²) in [5.74, 6) is 0.674. The van der Waals surface area contributed by atoms with E-state index < -0.39 is 0 Å². The summed E-state index contributed by atoms with van der Waals surface area (Å²) in [4.78, 5) is 16.6. The molecule has 7 heteroatoms. The molecule has 0 spiro atoms. The highest BCUT2D eigenvalue weighted by Crippen LogP contribution is 2.17. The minimum absolute atomic E-state index is 0.00649. The maximum Gasteiger partial charge on any atom is 0.260 e. The van der Waals surface area contributed by atoms with E-state index in [4.69, 9.17) is 16.3 Å². The van der Waals surface area contributed by atoms with Gasteiger partial charge >= 0.3 is 0 Å². The molecule has 1 saturated heterocycles. The smallest absolute Gasteiger partial charge is 0.260 e. The third-order valence-electron chi connectivity index (χ3n) is 4.63. The summed E-state index contributed by atoms with van der Waals surface area (Å²) in [5.41, 5.74) is 1.20. The maximum atomic E-state index is 12.4. The number of benzene rings is 1. The SMILES string of the molecule is CC(C)(C)n1cc(CN2CCN(C(=O)COc3ccc(Cl)cc3)CC2)cn1. The zero-order valence-corrected chi connectivity index (χ0v) is 16.9. The van der Waals surface area contributed by atoms with E-state index in [2.05, 4.69) is 37.0 Å². The monoisotopic (exact) mass is 390 g/mol. The fourth-order valence-electron chi connectivity index (χ4n) is 2.99. The molecule has 1 aromatic carbocycles. The molecule has 3 rings (SSSR count). The summed E-state index contributed by atoms with van der Waals surface area (Å²) in [5, 5.41) is 5.11. The molecule has 2 aromatic rings. The molecular formula is C20H27ClN4O2. The van der Waals surface area contributed by atoms with E-state index in [1.54, 1.807) is 24.3 Å². The van der Waals surface area contributed by atoms with Gasteiger partial charge in [-0.15, -0.1) is 0 Å². The Morgan fingerprint density at radius 3 is 2.41 bits per heavy atom. The first-order valence-corrected chi connectivity index (χ1v) is 9.61. The number of aromatic nitrogens is 2. The van der Waals surface area contributed by atoms with Crippen molar-refractivity contribution >= 4 is 17.5 Å². The van der Waals surface area contributed by atoms with Crippen LogP contribution in [-0.2, 0) is 16.9 Å². The Labute approximate surface area is 165 Å². The number of hydrogen-bond acceptors (Lipinski definition) is 4. The van der Waals surface area contributed by atoms with Gasteiger partial charge in [-0.1, -0.05) is 11.6 Å². The van der Waals surface area contributed by atoms with E-state index in [-0.39, 0.29) is 18.1 Å². The average Bonchev–Trinajstić information content (AvgIpc) is 3.10. The molecule has 1 aliphatic heterocycles. The second kappa shape index (κ2) is 8.31. The molecule has 0 aliphatic carbocycles. The van der Waals surface area contributed by atoms with Crippen LogP contribution in [0.2, 0.25) is 5.02 Å². The number of carbonyl (C=O) groups is 1. The molecule has 0 radical (unpaired) electrons. The molecule has 0 unspecified atom stereocenters. The third-order valence-corrected chi connectivity index (χ3v) is 4.88. The Bertz CT molecular complexity index is 759. The van der Waals surface area contributed by atoms with Crippen molar-refractivity contribution in [1.29, 1.82) is 0 Å². The van der Waals surface area contributed by atoms with Gasteiger partial charge in [-0.25, -0.2) is 0 Å². The highest BCUT2D eigenvalue weighted by Gasteiger charge is 2.22. The number of rotatable bonds is 5. The van der Waals surface area contributed by atoms with Crippen LogP contribution in [-0.4, -0.2) is 58.3 Å². The van der Waals surface area contributed by atoms with Crippen molar-refractivity contribution in [3.8, 4) is 5.75 Å². The molecule has 1 aliphatic rings. The van der Waals surface area contributed by atoms with Gasteiger partial charge in [0.2, 0.25) is 0 Å². The quantitative estimate of drug-likeness (QED) is 0.787. The molecule has 146 valence electrons. The number of nitrogens with zero attached hydrogens (tertiary/aromatic N) is 4. The van der Waals surface area contributed by atoms with Crippen LogP contribution in [0.5, 0.6) is 5.75 Å². The van der Waals surface area contributed by atoms with Crippen LogP contribution >= 0.6 is 11.6 Å². The van der Waals surface area contributed by atoms with Crippen LogP contribution in [0.3, 0.4) is 0 Å². The predicted molar refractivity (Wildman–Crippen MR) is 106 cm³/mol. The number of halogens is 1. The number of piperazine rings is 1.